The van der Waals surface area contributed by atoms with E-state index in [1.165, 1.54) is 12.8 Å². The lowest BCUT2D eigenvalue weighted by molar-refractivity contribution is 0.777. The van der Waals surface area contributed by atoms with Gasteiger partial charge in [-0.3, -0.25) is 0 Å². The molecule has 0 spiro atoms. The normalized spacial score (nSPS) is 47.6. The van der Waals surface area contributed by atoms with Crippen LogP contribution in [0.2, 0.25) is 0 Å². The summed E-state index contributed by atoms with van der Waals surface area (Å²) in [5.41, 5.74) is 0. The summed E-state index contributed by atoms with van der Waals surface area (Å²) >= 11 is 0. The van der Waals surface area contributed by atoms with Crippen LogP contribution in [-0.4, -0.2) is 16.8 Å². The van der Waals surface area contributed by atoms with Gasteiger partial charge in [-0.25, -0.2) is 0 Å². The average Bonchev–Trinajstić information content (AvgIpc) is 1.98. The van der Waals surface area contributed by atoms with Crippen LogP contribution in [0.1, 0.15) is 26.7 Å². The van der Waals surface area contributed by atoms with Crippen molar-refractivity contribution < 1.29 is 0 Å². The largest absolute Gasteiger partial charge is 0.115 e. The SMILES string of the molecule is C[C@@H]1CC[C@H](C)[S+]1C. The van der Waals surface area contributed by atoms with Crippen molar-refractivity contribution in [3.63, 3.8) is 0 Å². The summed E-state index contributed by atoms with van der Waals surface area (Å²) in [7, 11) is 0.738. The zero-order valence-electron chi connectivity index (χ0n) is 5.98. The fourth-order valence-corrected chi connectivity index (χ4v) is 3.05. The lowest BCUT2D eigenvalue weighted by Gasteiger charge is -2.02. The predicted molar refractivity (Wildman–Crippen MR) is 41.4 cm³/mol. The van der Waals surface area contributed by atoms with E-state index in [1.54, 1.807) is 0 Å². The number of rotatable bonds is 0. The van der Waals surface area contributed by atoms with Crippen molar-refractivity contribution in [2.75, 3.05) is 6.26 Å². The molecule has 0 aromatic rings. The molecule has 0 amide bonds. The van der Waals surface area contributed by atoms with Crippen LogP contribution in [0.25, 0.3) is 0 Å². The monoisotopic (exact) mass is 131 g/mol. The van der Waals surface area contributed by atoms with Gasteiger partial charge in [-0.05, 0) is 37.6 Å². The van der Waals surface area contributed by atoms with E-state index in [4.69, 9.17) is 0 Å². The van der Waals surface area contributed by atoms with Crippen LogP contribution in [0.4, 0.5) is 0 Å². The highest BCUT2D eigenvalue weighted by molar-refractivity contribution is 7.97. The van der Waals surface area contributed by atoms with Crippen LogP contribution in [0, 0.1) is 0 Å². The van der Waals surface area contributed by atoms with E-state index in [0.29, 0.717) is 0 Å². The smallest absolute Gasteiger partial charge is 0.0170 e. The molecule has 0 bridgehead atoms. The average molecular weight is 131 g/mol. The molecular weight excluding hydrogens is 116 g/mol. The third-order valence-electron chi connectivity index (χ3n) is 2.25. The van der Waals surface area contributed by atoms with Crippen molar-refractivity contribution >= 4 is 10.9 Å². The van der Waals surface area contributed by atoms with Gasteiger partial charge in [-0.15, -0.1) is 0 Å². The summed E-state index contributed by atoms with van der Waals surface area (Å²) in [5.74, 6) is 0. The molecule has 0 nitrogen and oxygen atoms in total. The van der Waals surface area contributed by atoms with Crippen molar-refractivity contribution in [3.8, 4) is 0 Å². The third-order valence-corrected chi connectivity index (χ3v) is 5.26. The highest BCUT2D eigenvalue weighted by atomic mass is 32.2. The molecule has 0 aromatic carbocycles. The second-order valence-corrected chi connectivity index (χ2v) is 5.63. The van der Waals surface area contributed by atoms with Crippen LogP contribution in [0.3, 0.4) is 0 Å². The maximum absolute atomic E-state index is 2.41. The molecule has 8 heavy (non-hydrogen) atoms. The highest BCUT2D eigenvalue weighted by Crippen LogP contribution is 2.26. The van der Waals surface area contributed by atoms with Crippen molar-refractivity contribution in [2.24, 2.45) is 0 Å². The van der Waals surface area contributed by atoms with E-state index >= 15 is 0 Å². The first-order valence-corrected chi connectivity index (χ1v) is 5.11. The third kappa shape index (κ3) is 1.02. The van der Waals surface area contributed by atoms with E-state index in [1.807, 2.05) is 0 Å². The molecule has 0 aromatic heterocycles. The van der Waals surface area contributed by atoms with Gasteiger partial charge in [0.25, 0.3) is 0 Å². The molecule has 1 unspecified atom stereocenters. The van der Waals surface area contributed by atoms with E-state index in [0.717, 1.165) is 21.4 Å². The zero-order valence-corrected chi connectivity index (χ0v) is 6.79. The lowest BCUT2D eigenvalue weighted by atomic mass is 10.2. The van der Waals surface area contributed by atoms with Gasteiger partial charge >= 0.3 is 0 Å². The van der Waals surface area contributed by atoms with Crippen molar-refractivity contribution in [1.29, 1.82) is 0 Å². The van der Waals surface area contributed by atoms with Crippen LogP contribution in [0.15, 0.2) is 0 Å². The maximum atomic E-state index is 2.41. The minimum atomic E-state index is 0.738. The molecule has 48 valence electrons. The van der Waals surface area contributed by atoms with Crippen LogP contribution >= 0.6 is 0 Å². The van der Waals surface area contributed by atoms with E-state index < -0.39 is 0 Å². The van der Waals surface area contributed by atoms with Gasteiger partial charge in [0, 0.05) is 0 Å². The van der Waals surface area contributed by atoms with Gasteiger partial charge in [0.1, 0.15) is 10.5 Å². The molecular formula is C7H15S+. The second kappa shape index (κ2) is 2.30. The van der Waals surface area contributed by atoms with Gasteiger partial charge < -0.3 is 0 Å². The summed E-state index contributed by atoms with van der Waals surface area (Å²) in [6.07, 6.45) is 5.35. The van der Waals surface area contributed by atoms with Gasteiger partial charge in [-0.2, -0.15) is 0 Å². The molecule has 3 atom stereocenters. The van der Waals surface area contributed by atoms with Gasteiger partial charge in [0.2, 0.25) is 0 Å². The van der Waals surface area contributed by atoms with Crippen LogP contribution < -0.4 is 0 Å². The van der Waals surface area contributed by atoms with E-state index in [9.17, 15) is 0 Å². The minimum absolute atomic E-state index is 0.738. The Morgan fingerprint density at radius 3 is 1.62 bits per heavy atom. The van der Waals surface area contributed by atoms with E-state index in [-0.39, 0.29) is 0 Å². The summed E-state index contributed by atoms with van der Waals surface area (Å²) in [6, 6.07) is 0. The van der Waals surface area contributed by atoms with Gasteiger partial charge in [0.15, 0.2) is 0 Å². The standard InChI is InChI=1S/C7H15S/c1-6-4-5-7(2)8(6)3/h6-7H,4-5H2,1-3H3/q+1/t6-,7+,8?. The predicted octanol–water partition coefficient (Wildman–Crippen LogP) is 1.81. The summed E-state index contributed by atoms with van der Waals surface area (Å²) in [6.45, 7) is 4.76. The molecule has 1 saturated heterocycles. The highest BCUT2D eigenvalue weighted by Gasteiger charge is 2.34. The number of hydrogen-bond donors (Lipinski definition) is 0. The number of hydrogen-bond acceptors (Lipinski definition) is 0. The fraction of sp³-hybridized carbons (Fsp3) is 1.00. The summed E-state index contributed by atoms with van der Waals surface area (Å²) < 4.78 is 0. The Kier molecular flexibility index (Phi) is 1.86. The second-order valence-electron chi connectivity index (χ2n) is 2.81. The van der Waals surface area contributed by atoms with Crippen molar-refractivity contribution in [1.82, 2.24) is 0 Å². The Labute approximate surface area is 55.0 Å². The van der Waals surface area contributed by atoms with E-state index in [2.05, 4.69) is 20.1 Å². The lowest BCUT2D eigenvalue weighted by Crippen LogP contribution is -2.16. The fourth-order valence-electron chi connectivity index (χ4n) is 1.24. The molecule has 1 aliphatic rings. The zero-order chi connectivity index (χ0) is 6.15. The topological polar surface area (TPSA) is 0 Å². The minimum Gasteiger partial charge on any atom is -0.0170 e. The molecule has 1 rings (SSSR count). The Morgan fingerprint density at radius 2 is 1.50 bits per heavy atom. The summed E-state index contributed by atoms with van der Waals surface area (Å²) in [4.78, 5) is 0. The van der Waals surface area contributed by atoms with Crippen molar-refractivity contribution in [3.05, 3.63) is 0 Å². The first-order valence-electron chi connectivity index (χ1n) is 3.35. The summed E-state index contributed by atoms with van der Waals surface area (Å²) in [5, 5.41) is 2.04. The first-order chi connectivity index (χ1) is 3.72. The molecule has 1 heterocycles. The van der Waals surface area contributed by atoms with Crippen LogP contribution in [-0.2, 0) is 10.9 Å². The molecule has 0 aliphatic carbocycles. The molecule has 1 fully saturated rings. The van der Waals surface area contributed by atoms with Crippen LogP contribution in [0.5, 0.6) is 0 Å². The molecule has 0 radical (unpaired) electrons. The first kappa shape index (κ1) is 6.47. The Bertz CT molecular complexity index is 70.5. The Hall–Kier alpha value is 0.350. The molecule has 0 saturated carbocycles. The van der Waals surface area contributed by atoms with Crippen molar-refractivity contribution in [2.45, 2.75) is 37.2 Å². The van der Waals surface area contributed by atoms with Gasteiger partial charge in [0.05, 0.1) is 6.26 Å². The maximum Gasteiger partial charge on any atom is 0.115 e. The molecule has 1 heteroatoms. The Balaban J connectivity index is 2.44. The Morgan fingerprint density at radius 1 is 1.12 bits per heavy atom. The molecule has 1 aliphatic heterocycles. The van der Waals surface area contributed by atoms with Gasteiger partial charge in [-0.1, -0.05) is 0 Å². The molecule has 0 N–H and O–H groups in total. The quantitative estimate of drug-likeness (QED) is 0.440.